The van der Waals surface area contributed by atoms with Gasteiger partial charge in [0.2, 0.25) is 16.9 Å². The van der Waals surface area contributed by atoms with Gasteiger partial charge in [-0.1, -0.05) is 29.5 Å². The number of nitrogens with one attached hydrogen (secondary N) is 2. The number of benzene rings is 1. The molecule has 0 spiro atoms. The fourth-order valence-corrected chi connectivity index (χ4v) is 5.79. The van der Waals surface area contributed by atoms with Crippen molar-refractivity contribution < 1.29 is 19.1 Å². The van der Waals surface area contributed by atoms with Crippen molar-refractivity contribution in [3.8, 4) is 5.75 Å². The minimum atomic E-state index is -0.175. The first-order valence-electron chi connectivity index (χ1n) is 14.6. The Morgan fingerprint density at radius 1 is 0.864 bits per heavy atom. The summed E-state index contributed by atoms with van der Waals surface area (Å²) < 4.78 is 12.7. The van der Waals surface area contributed by atoms with E-state index in [-0.39, 0.29) is 25.0 Å². The maximum Gasteiger partial charge on any atom is 0.232 e. The van der Waals surface area contributed by atoms with E-state index in [2.05, 4.69) is 42.2 Å². The molecule has 0 unspecified atom stereocenters. The van der Waals surface area contributed by atoms with Gasteiger partial charge in [0, 0.05) is 24.6 Å². The molecule has 0 fully saturated rings. The van der Waals surface area contributed by atoms with Crippen molar-refractivity contribution >= 4 is 39.6 Å². The molecule has 2 amide bonds. The highest BCUT2D eigenvalue weighted by Gasteiger charge is 2.15. The van der Waals surface area contributed by atoms with Gasteiger partial charge >= 0.3 is 0 Å². The van der Waals surface area contributed by atoms with Crippen LogP contribution < -0.4 is 15.4 Å². The number of carbonyl (C=O) groups is 2. The van der Waals surface area contributed by atoms with Gasteiger partial charge in [0.25, 0.3) is 0 Å². The van der Waals surface area contributed by atoms with Crippen molar-refractivity contribution in [3.63, 3.8) is 0 Å². The number of carbonyl (C=O) groups excluding carboxylic acids is 2. The SMILES string of the molecule is O=C(CCCc1cccc2c1COCO2)Nc1ccc(CCCCc2nnc(NC(=O)Cc3cc4ccccn4n3)s2)nn1. The van der Waals surface area contributed by atoms with E-state index in [1.54, 1.807) is 10.6 Å². The molecule has 5 aromatic rings. The highest BCUT2D eigenvalue weighted by molar-refractivity contribution is 7.15. The third-order valence-electron chi connectivity index (χ3n) is 7.16. The van der Waals surface area contributed by atoms with E-state index in [1.165, 1.54) is 11.3 Å². The summed E-state index contributed by atoms with van der Waals surface area (Å²) in [5.41, 5.74) is 4.71. The predicted octanol–water partition coefficient (Wildman–Crippen LogP) is 4.55. The average molecular weight is 613 g/mol. The molecule has 0 saturated heterocycles. The zero-order valence-corrected chi connectivity index (χ0v) is 24.9. The fourth-order valence-electron chi connectivity index (χ4n) is 4.99. The number of nitrogens with zero attached hydrogens (tertiary/aromatic N) is 6. The Hall–Kier alpha value is -4.75. The Morgan fingerprint density at radius 2 is 1.80 bits per heavy atom. The number of pyridine rings is 1. The molecule has 1 aliphatic heterocycles. The summed E-state index contributed by atoms with van der Waals surface area (Å²) >= 11 is 1.38. The number of aromatic nitrogens is 6. The van der Waals surface area contributed by atoms with Gasteiger partial charge in [0.05, 0.1) is 29.9 Å². The van der Waals surface area contributed by atoms with Crippen molar-refractivity contribution in [3.05, 3.63) is 88.3 Å². The van der Waals surface area contributed by atoms with E-state index in [0.717, 1.165) is 65.2 Å². The third-order valence-corrected chi connectivity index (χ3v) is 8.06. The van der Waals surface area contributed by atoms with Gasteiger partial charge < -0.3 is 20.1 Å². The van der Waals surface area contributed by atoms with E-state index < -0.39 is 0 Å². The summed E-state index contributed by atoms with van der Waals surface area (Å²) in [6.45, 7) is 0.813. The Kier molecular flexibility index (Phi) is 9.43. The van der Waals surface area contributed by atoms with E-state index >= 15 is 0 Å². The Bertz CT molecular complexity index is 1700. The predicted molar refractivity (Wildman–Crippen MR) is 164 cm³/mol. The van der Waals surface area contributed by atoms with Crippen LogP contribution in [-0.4, -0.2) is 48.6 Å². The monoisotopic (exact) mass is 612 g/mol. The molecular weight excluding hydrogens is 580 g/mol. The van der Waals surface area contributed by atoms with Crippen LogP contribution in [0.3, 0.4) is 0 Å². The number of ether oxygens (including phenoxy) is 2. The molecule has 4 aromatic heterocycles. The number of rotatable bonds is 13. The van der Waals surface area contributed by atoms with Gasteiger partial charge in [0.15, 0.2) is 12.6 Å². The van der Waals surface area contributed by atoms with Gasteiger partial charge in [0.1, 0.15) is 10.8 Å². The van der Waals surface area contributed by atoms with E-state index in [1.807, 2.05) is 48.7 Å². The summed E-state index contributed by atoms with van der Waals surface area (Å²) in [5.74, 6) is 1.04. The lowest BCUT2D eigenvalue weighted by Gasteiger charge is -2.20. The second kappa shape index (κ2) is 14.1. The first kappa shape index (κ1) is 29.3. The smallest absolute Gasteiger partial charge is 0.232 e. The van der Waals surface area contributed by atoms with Crippen LogP contribution in [0.1, 0.15) is 53.2 Å². The van der Waals surface area contributed by atoms with E-state index in [0.29, 0.717) is 36.1 Å². The van der Waals surface area contributed by atoms with Gasteiger partial charge in [-0.15, -0.1) is 15.3 Å². The number of hydrogen-bond acceptors (Lipinski definition) is 10. The molecule has 0 atom stereocenters. The van der Waals surface area contributed by atoms with Gasteiger partial charge in [-0.2, -0.15) is 10.2 Å². The maximum absolute atomic E-state index is 12.4. The molecule has 12 nitrogen and oxygen atoms in total. The molecule has 5 heterocycles. The molecule has 1 aromatic carbocycles. The molecular formula is C31H32N8O4S. The van der Waals surface area contributed by atoms with Crippen LogP contribution in [0.2, 0.25) is 0 Å². The van der Waals surface area contributed by atoms with Crippen LogP contribution in [-0.2, 0) is 46.6 Å². The Balaban J connectivity index is 0.872. The third kappa shape index (κ3) is 7.79. The largest absolute Gasteiger partial charge is 0.467 e. The summed E-state index contributed by atoms with van der Waals surface area (Å²) in [5, 5.41) is 28.2. The van der Waals surface area contributed by atoms with Gasteiger partial charge in [-0.3, -0.25) is 9.59 Å². The molecule has 0 aliphatic carbocycles. The molecule has 0 radical (unpaired) electrons. The fraction of sp³-hybridized carbons (Fsp3) is 0.323. The lowest BCUT2D eigenvalue weighted by atomic mass is 10.0. The summed E-state index contributed by atoms with van der Waals surface area (Å²) in [6, 6.07) is 17.3. The second-order valence-electron chi connectivity index (χ2n) is 10.5. The Labute approximate surface area is 257 Å². The van der Waals surface area contributed by atoms with Crippen molar-refractivity contribution in [1.82, 2.24) is 30.0 Å². The topological polar surface area (TPSA) is 146 Å². The minimum Gasteiger partial charge on any atom is -0.467 e. The van der Waals surface area contributed by atoms with Crippen LogP contribution in [0, 0.1) is 0 Å². The first-order chi connectivity index (χ1) is 21.6. The molecule has 226 valence electrons. The Morgan fingerprint density at radius 3 is 2.68 bits per heavy atom. The number of amides is 2. The van der Waals surface area contributed by atoms with Crippen molar-refractivity contribution in [2.45, 2.75) is 58.0 Å². The first-order valence-corrected chi connectivity index (χ1v) is 15.4. The zero-order valence-electron chi connectivity index (χ0n) is 24.1. The quantitative estimate of drug-likeness (QED) is 0.183. The number of unbranched alkanes of at least 4 members (excludes halogenated alkanes) is 1. The molecule has 44 heavy (non-hydrogen) atoms. The van der Waals surface area contributed by atoms with E-state index in [9.17, 15) is 9.59 Å². The van der Waals surface area contributed by atoms with E-state index in [4.69, 9.17) is 9.47 Å². The highest BCUT2D eigenvalue weighted by Crippen LogP contribution is 2.27. The summed E-state index contributed by atoms with van der Waals surface area (Å²) in [6.07, 6.45) is 7.19. The number of hydrogen-bond donors (Lipinski definition) is 2. The standard InChI is InChI=1S/C31H32N8O4S/c40-28(12-6-8-21-7-5-11-26-25(21)19-42-20-43-26)32-27-15-14-22(34-35-27)9-1-2-13-30-36-37-31(44-30)33-29(41)18-23-17-24-10-3-4-16-39(24)38-23/h3-5,7,10-11,14-17H,1-2,6,8-9,12-13,18-20H2,(H,32,35,40)(H,33,37,41). The van der Waals surface area contributed by atoms with Crippen LogP contribution >= 0.6 is 11.3 Å². The number of aryl methyl sites for hydroxylation is 3. The van der Waals surface area contributed by atoms with Crippen LogP contribution in [0.25, 0.3) is 5.52 Å². The molecule has 0 saturated carbocycles. The second-order valence-corrected chi connectivity index (χ2v) is 11.5. The molecule has 13 heteroatoms. The lowest BCUT2D eigenvalue weighted by Crippen LogP contribution is -2.15. The average Bonchev–Trinajstić information content (AvgIpc) is 3.66. The van der Waals surface area contributed by atoms with Crippen LogP contribution in [0.4, 0.5) is 10.9 Å². The van der Waals surface area contributed by atoms with Crippen molar-refractivity contribution in [1.29, 1.82) is 0 Å². The van der Waals surface area contributed by atoms with Gasteiger partial charge in [-0.25, -0.2) is 4.52 Å². The van der Waals surface area contributed by atoms with Crippen molar-refractivity contribution in [2.75, 3.05) is 17.4 Å². The van der Waals surface area contributed by atoms with Crippen LogP contribution in [0.5, 0.6) is 5.75 Å². The minimum absolute atomic E-state index is 0.0906. The van der Waals surface area contributed by atoms with Crippen LogP contribution in [0.15, 0.2) is 60.8 Å². The maximum atomic E-state index is 12.4. The zero-order chi connectivity index (χ0) is 30.1. The molecule has 6 rings (SSSR count). The summed E-state index contributed by atoms with van der Waals surface area (Å²) in [7, 11) is 0. The number of fused-ring (bicyclic) bond motifs is 2. The molecule has 0 bridgehead atoms. The molecule has 2 N–H and O–H groups in total. The van der Waals surface area contributed by atoms with Crippen molar-refractivity contribution in [2.24, 2.45) is 0 Å². The molecule has 1 aliphatic rings. The highest BCUT2D eigenvalue weighted by atomic mass is 32.1. The lowest BCUT2D eigenvalue weighted by molar-refractivity contribution is -0.116. The number of anilines is 2. The van der Waals surface area contributed by atoms with Gasteiger partial charge in [-0.05, 0) is 74.1 Å². The summed E-state index contributed by atoms with van der Waals surface area (Å²) in [4.78, 5) is 24.9. The normalized spacial score (nSPS) is 12.5.